The highest BCUT2D eigenvalue weighted by atomic mass is 16.5. The number of hydrogen-bond donors (Lipinski definition) is 1. The fourth-order valence-corrected chi connectivity index (χ4v) is 2.63. The van der Waals surface area contributed by atoms with Crippen LogP contribution in [0.3, 0.4) is 0 Å². The molecule has 0 radical (unpaired) electrons. The quantitative estimate of drug-likeness (QED) is 0.746. The minimum Gasteiger partial charge on any atom is -0.497 e. The van der Waals surface area contributed by atoms with Crippen LogP contribution in [0.25, 0.3) is 22.4 Å². The summed E-state index contributed by atoms with van der Waals surface area (Å²) in [4.78, 5) is 4.77. The monoisotopic (exact) mass is 281 g/mol. The van der Waals surface area contributed by atoms with Crippen LogP contribution in [-0.2, 0) is 6.54 Å². The molecule has 1 heterocycles. The molecule has 4 nitrogen and oxygen atoms in total. The summed E-state index contributed by atoms with van der Waals surface area (Å²) in [7, 11) is 1.66. The summed E-state index contributed by atoms with van der Waals surface area (Å²) in [5, 5.41) is 0. The highest BCUT2D eigenvalue weighted by Crippen LogP contribution is 2.31. The largest absolute Gasteiger partial charge is 0.497 e. The molecule has 0 aliphatic rings. The number of anilines is 1. The molecule has 1 aromatic heterocycles. The lowest BCUT2D eigenvalue weighted by atomic mass is 10.1. The van der Waals surface area contributed by atoms with Crippen molar-refractivity contribution in [2.45, 2.75) is 20.4 Å². The summed E-state index contributed by atoms with van der Waals surface area (Å²) in [5.41, 5.74) is 11.1. The standard InChI is InChI=1S/C17H19N3O/c1-4-20-16-8-6-12(21-3)10-15(16)19-17(20)13-9-11(2)5-7-14(13)18/h5-10H,4,18H2,1-3H3. The molecule has 0 aliphatic carbocycles. The second-order valence-electron chi connectivity index (χ2n) is 5.13. The maximum Gasteiger partial charge on any atom is 0.143 e. The van der Waals surface area contributed by atoms with E-state index in [2.05, 4.69) is 24.5 Å². The lowest BCUT2D eigenvalue weighted by Crippen LogP contribution is -2.00. The van der Waals surface area contributed by atoms with Gasteiger partial charge in [-0.15, -0.1) is 0 Å². The van der Waals surface area contributed by atoms with Gasteiger partial charge in [0.1, 0.15) is 11.6 Å². The predicted octanol–water partition coefficient (Wildman–Crippen LogP) is 3.62. The van der Waals surface area contributed by atoms with Crippen molar-refractivity contribution in [1.29, 1.82) is 0 Å². The van der Waals surface area contributed by atoms with E-state index in [9.17, 15) is 0 Å². The molecular formula is C17H19N3O. The lowest BCUT2D eigenvalue weighted by molar-refractivity contribution is 0.415. The Labute approximate surface area is 124 Å². The molecule has 21 heavy (non-hydrogen) atoms. The molecule has 0 atom stereocenters. The smallest absolute Gasteiger partial charge is 0.143 e. The number of rotatable bonds is 3. The van der Waals surface area contributed by atoms with E-state index in [0.29, 0.717) is 0 Å². The molecule has 0 spiro atoms. The van der Waals surface area contributed by atoms with Crippen LogP contribution in [0.2, 0.25) is 0 Å². The number of aromatic nitrogens is 2. The van der Waals surface area contributed by atoms with Crippen LogP contribution in [0, 0.1) is 6.92 Å². The summed E-state index contributed by atoms with van der Waals surface area (Å²) in [5.74, 6) is 1.72. The number of imidazole rings is 1. The average Bonchev–Trinajstić information content (AvgIpc) is 2.86. The van der Waals surface area contributed by atoms with Gasteiger partial charge in [0, 0.05) is 23.9 Å². The van der Waals surface area contributed by atoms with Gasteiger partial charge in [0.2, 0.25) is 0 Å². The predicted molar refractivity (Wildman–Crippen MR) is 86.5 cm³/mol. The maximum atomic E-state index is 6.14. The van der Waals surface area contributed by atoms with Gasteiger partial charge in [-0.25, -0.2) is 4.98 Å². The van der Waals surface area contributed by atoms with Gasteiger partial charge in [-0.3, -0.25) is 0 Å². The van der Waals surface area contributed by atoms with Crippen molar-refractivity contribution in [1.82, 2.24) is 9.55 Å². The Balaban J connectivity index is 2.29. The van der Waals surface area contributed by atoms with Crippen LogP contribution in [0.1, 0.15) is 12.5 Å². The molecule has 0 saturated carbocycles. The Hall–Kier alpha value is -2.49. The Morgan fingerprint density at radius 2 is 2.00 bits per heavy atom. The fraction of sp³-hybridized carbons (Fsp3) is 0.235. The van der Waals surface area contributed by atoms with Gasteiger partial charge in [-0.2, -0.15) is 0 Å². The number of ether oxygens (including phenoxy) is 1. The van der Waals surface area contributed by atoms with Gasteiger partial charge in [0.15, 0.2) is 0 Å². The van der Waals surface area contributed by atoms with E-state index in [1.54, 1.807) is 7.11 Å². The third-order valence-electron chi connectivity index (χ3n) is 3.72. The minimum atomic E-state index is 0.748. The molecule has 0 fully saturated rings. The zero-order valence-electron chi connectivity index (χ0n) is 12.6. The Bertz CT molecular complexity index is 805. The molecule has 108 valence electrons. The molecule has 4 heteroatoms. The first-order chi connectivity index (χ1) is 10.1. The maximum absolute atomic E-state index is 6.14. The molecular weight excluding hydrogens is 262 g/mol. The summed E-state index contributed by atoms with van der Waals surface area (Å²) in [6.07, 6.45) is 0. The molecule has 0 bridgehead atoms. The van der Waals surface area contributed by atoms with E-state index in [0.717, 1.165) is 40.4 Å². The number of nitrogens with zero attached hydrogens (tertiary/aromatic N) is 2. The molecule has 0 unspecified atom stereocenters. The minimum absolute atomic E-state index is 0.748. The first-order valence-corrected chi connectivity index (χ1v) is 7.04. The van der Waals surface area contributed by atoms with E-state index >= 15 is 0 Å². The van der Waals surface area contributed by atoms with Crippen LogP contribution in [0.15, 0.2) is 36.4 Å². The summed E-state index contributed by atoms with van der Waals surface area (Å²) >= 11 is 0. The van der Waals surface area contributed by atoms with Crippen molar-refractivity contribution < 1.29 is 4.74 Å². The number of nitrogen functional groups attached to an aromatic ring is 1. The van der Waals surface area contributed by atoms with Gasteiger partial charge in [0.25, 0.3) is 0 Å². The van der Waals surface area contributed by atoms with Gasteiger partial charge in [-0.1, -0.05) is 11.6 Å². The van der Waals surface area contributed by atoms with E-state index in [1.165, 1.54) is 5.56 Å². The number of nitrogens with two attached hydrogens (primary N) is 1. The van der Waals surface area contributed by atoms with E-state index in [4.69, 9.17) is 15.5 Å². The number of benzene rings is 2. The Morgan fingerprint density at radius 3 is 2.71 bits per heavy atom. The highest BCUT2D eigenvalue weighted by Gasteiger charge is 2.14. The summed E-state index contributed by atoms with van der Waals surface area (Å²) in [6.45, 7) is 5.01. The number of aryl methyl sites for hydroxylation is 2. The van der Waals surface area contributed by atoms with Gasteiger partial charge in [0.05, 0.1) is 18.1 Å². The number of fused-ring (bicyclic) bond motifs is 1. The van der Waals surface area contributed by atoms with E-state index in [-0.39, 0.29) is 0 Å². The normalized spacial score (nSPS) is 11.0. The second-order valence-corrected chi connectivity index (χ2v) is 5.13. The topological polar surface area (TPSA) is 53.1 Å². The zero-order chi connectivity index (χ0) is 15.0. The van der Waals surface area contributed by atoms with Crippen molar-refractivity contribution in [3.05, 3.63) is 42.0 Å². The number of methoxy groups -OCH3 is 1. The van der Waals surface area contributed by atoms with E-state index < -0.39 is 0 Å². The fourth-order valence-electron chi connectivity index (χ4n) is 2.63. The SMILES string of the molecule is CCn1c(-c2cc(C)ccc2N)nc2cc(OC)ccc21. The summed E-state index contributed by atoms with van der Waals surface area (Å²) in [6, 6.07) is 12.0. The van der Waals surface area contributed by atoms with Gasteiger partial charge in [-0.05, 0) is 38.1 Å². The second kappa shape index (κ2) is 5.13. The molecule has 0 aliphatic heterocycles. The van der Waals surface area contributed by atoms with Crippen LogP contribution in [0.5, 0.6) is 5.75 Å². The Kier molecular flexibility index (Phi) is 3.29. The molecule has 3 aromatic rings. The molecule has 2 N–H and O–H groups in total. The lowest BCUT2D eigenvalue weighted by Gasteiger charge is -2.09. The van der Waals surface area contributed by atoms with Crippen LogP contribution in [-0.4, -0.2) is 16.7 Å². The summed E-state index contributed by atoms with van der Waals surface area (Å²) < 4.78 is 7.46. The Morgan fingerprint density at radius 1 is 1.19 bits per heavy atom. The van der Waals surface area contributed by atoms with Gasteiger partial charge < -0.3 is 15.0 Å². The van der Waals surface area contributed by atoms with Crippen LogP contribution >= 0.6 is 0 Å². The average molecular weight is 281 g/mol. The van der Waals surface area contributed by atoms with Crippen molar-refractivity contribution in [2.75, 3.05) is 12.8 Å². The highest BCUT2D eigenvalue weighted by molar-refractivity contribution is 5.84. The first kappa shape index (κ1) is 13.5. The third kappa shape index (κ3) is 2.23. The van der Waals surface area contributed by atoms with Crippen molar-refractivity contribution in [3.8, 4) is 17.1 Å². The third-order valence-corrected chi connectivity index (χ3v) is 3.72. The number of hydrogen-bond acceptors (Lipinski definition) is 3. The molecule has 0 saturated heterocycles. The van der Waals surface area contributed by atoms with Crippen molar-refractivity contribution >= 4 is 16.7 Å². The molecule has 3 rings (SSSR count). The van der Waals surface area contributed by atoms with Gasteiger partial charge >= 0.3 is 0 Å². The van der Waals surface area contributed by atoms with Crippen LogP contribution < -0.4 is 10.5 Å². The van der Waals surface area contributed by atoms with Crippen molar-refractivity contribution in [3.63, 3.8) is 0 Å². The van der Waals surface area contributed by atoms with Crippen LogP contribution in [0.4, 0.5) is 5.69 Å². The van der Waals surface area contributed by atoms with E-state index in [1.807, 2.05) is 30.3 Å². The van der Waals surface area contributed by atoms with Crippen molar-refractivity contribution in [2.24, 2.45) is 0 Å². The molecule has 2 aromatic carbocycles. The zero-order valence-corrected chi connectivity index (χ0v) is 12.6. The molecule has 0 amide bonds. The first-order valence-electron chi connectivity index (χ1n) is 7.04.